The Morgan fingerprint density at radius 1 is 1.33 bits per heavy atom. The van der Waals surface area contributed by atoms with Crippen LogP contribution < -0.4 is 0 Å². The van der Waals surface area contributed by atoms with Crippen LogP contribution in [0.4, 0.5) is 4.39 Å². The number of aliphatic hydroxyl groups excluding tert-OH is 2. The van der Waals surface area contributed by atoms with E-state index in [1.807, 2.05) is 0 Å². The zero-order valence-corrected chi connectivity index (χ0v) is 8.78. The molecule has 82 valence electrons. The van der Waals surface area contributed by atoms with Gasteiger partial charge in [0.1, 0.15) is 11.9 Å². The second kappa shape index (κ2) is 4.08. The number of benzene rings is 1. The maximum atomic E-state index is 12.9. The minimum absolute atomic E-state index is 0.124. The summed E-state index contributed by atoms with van der Waals surface area (Å²) >= 11 is 5.82. The Morgan fingerprint density at radius 3 is 2.60 bits per heavy atom. The molecule has 1 saturated carbocycles. The van der Waals surface area contributed by atoms with Crippen LogP contribution in [0.15, 0.2) is 18.2 Å². The van der Waals surface area contributed by atoms with Gasteiger partial charge < -0.3 is 10.2 Å². The van der Waals surface area contributed by atoms with E-state index in [9.17, 15) is 14.6 Å². The molecule has 0 saturated heterocycles. The van der Waals surface area contributed by atoms with Gasteiger partial charge in [-0.15, -0.1) is 0 Å². The fourth-order valence-electron chi connectivity index (χ4n) is 1.62. The number of aliphatic hydroxyl groups is 2. The zero-order valence-electron chi connectivity index (χ0n) is 8.03. The van der Waals surface area contributed by atoms with E-state index in [2.05, 4.69) is 0 Å². The van der Waals surface area contributed by atoms with E-state index in [0.29, 0.717) is 0 Å². The Bertz CT molecular complexity index is 366. The van der Waals surface area contributed by atoms with Crippen LogP contribution in [-0.4, -0.2) is 16.3 Å². The molecule has 1 aliphatic rings. The van der Waals surface area contributed by atoms with Crippen molar-refractivity contribution in [3.05, 3.63) is 34.6 Å². The van der Waals surface area contributed by atoms with Gasteiger partial charge in [-0.2, -0.15) is 0 Å². The van der Waals surface area contributed by atoms with Gasteiger partial charge in [-0.25, -0.2) is 4.39 Å². The molecule has 15 heavy (non-hydrogen) atoms. The third-order valence-corrected chi connectivity index (χ3v) is 3.05. The summed E-state index contributed by atoms with van der Waals surface area (Å²) in [6, 6.07) is 3.77. The van der Waals surface area contributed by atoms with Crippen molar-refractivity contribution in [1.29, 1.82) is 0 Å². The van der Waals surface area contributed by atoms with Crippen LogP contribution in [0.25, 0.3) is 0 Å². The first kappa shape index (κ1) is 10.9. The summed E-state index contributed by atoms with van der Waals surface area (Å²) in [5.41, 5.74) is 0.260. The van der Waals surface area contributed by atoms with Crippen LogP contribution in [0.1, 0.15) is 24.5 Å². The lowest BCUT2D eigenvalue weighted by atomic mass is 10.0. The lowest BCUT2D eigenvalue weighted by Gasteiger charge is -2.18. The molecule has 2 rings (SSSR count). The van der Waals surface area contributed by atoms with Gasteiger partial charge in [-0.05, 0) is 37.0 Å². The normalized spacial score (nSPS) is 20.0. The van der Waals surface area contributed by atoms with Crippen LogP contribution in [0.2, 0.25) is 5.02 Å². The molecule has 0 bridgehead atoms. The number of rotatable bonds is 3. The van der Waals surface area contributed by atoms with Crippen molar-refractivity contribution in [3.63, 3.8) is 0 Å². The molecule has 1 aliphatic carbocycles. The topological polar surface area (TPSA) is 40.5 Å². The van der Waals surface area contributed by atoms with Crippen LogP contribution in [0.5, 0.6) is 0 Å². The Hall–Kier alpha value is -0.640. The molecule has 0 aliphatic heterocycles. The van der Waals surface area contributed by atoms with E-state index in [-0.39, 0.29) is 16.5 Å². The molecule has 4 heteroatoms. The molecule has 2 atom stereocenters. The van der Waals surface area contributed by atoms with E-state index >= 15 is 0 Å². The van der Waals surface area contributed by atoms with Gasteiger partial charge in [0.2, 0.25) is 0 Å². The summed E-state index contributed by atoms with van der Waals surface area (Å²) in [6.45, 7) is 0. The van der Waals surface area contributed by atoms with E-state index in [1.54, 1.807) is 0 Å². The summed E-state index contributed by atoms with van der Waals surface area (Å²) in [6.07, 6.45) is -0.124. The molecule has 0 spiro atoms. The Balaban J connectivity index is 2.23. The predicted molar refractivity (Wildman–Crippen MR) is 55.1 cm³/mol. The first-order valence-electron chi connectivity index (χ1n) is 4.90. The third-order valence-electron chi connectivity index (χ3n) is 2.71. The van der Waals surface area contributed by atoms with E-state index < -0.39 is 18.0 Å². The molecule has 0 aromatic heterocycles. The SMILES string of the molecule is OC(c1cc(F)ccc1Cl)C(O)C1CC1. The maximum absolute atomic E-state index is 12.9. The predicted octanol–water partition coefficient (Wildman–Crippen LogP) is 2.28. The van der Waals surface area contributed by atoms with Gasteiger partial charge in [0.05, 0.1) is 6.10 Å². The molecular formula is C11H12ClFO2. The van der Waals surface area contributed by atoms with Crippen molar-refractivity contribution in [2.24, 2.45) is 5.92 Å². The Labute approximate surface area is 92.3 Å². The molecule has 1 aromatic rings. The van der Waals surface area contributed by atoms with Crippen molar-refractivity contribution in [2.75, 3.05) is 0 Å². The van der Waals surface area contributed by atoms with Gasteiger partial charge in [-0.3, -0.25) is 0 Å². The molecule has 0 amide bonds. The number of hydrogen-bond acceptors (Lipinski definition) is 2. The quantitative estimate of drug-likeness (QED) is 0.837. The lowest BCUT2D eigenvalue weighted by Crippen LogP contribution is -2.20. The fourth-order valence-corrected chi connectivity index (χ4v) is 1.85. The second-order valence-electron chi connectivity index (χ2n) is 3.94. The molecular weight excluding hydrogens is 219 g/mol. The van der Waals surface area contributed by atoms with Crippen molar-refractivity contribution in [2.45, 2.75) is 25.0 Å². The van der Waals surface area contributed by atoms with Crippen LogP contribution in [0.3, 0.4) is 0 Å². The zero-order chi connectivity index (χ0) is 11.0. The molecule has 0 radical (unpaired) electrons. The highest BCUT2D eigenvalue weighted by atomic mass is 35.5. The maximum Gasteiger partial charge on any atom is 0.123 e. The van der Waals surface area contributed by atoms with Crippen molar-refractivity contribution >= 4 is 11.6 Å². The van der Waals surface area contributed by atoms with E-state index in [4.69, 9.17) is 11.6 Å². The van der Waals surface area contributed by atoms with E-state index in [0.717, 1.165) is 12.8 Å². The number of hydrogen-bond donors (Lipinski definition) is 2. The monoisotopic (exact) mass is 230 g/mol. The van der Waals surface area contributed by atoms with Gasteiger partial charge in [-0.1, -0.05) is 11.6 Å². The van der Waals surface area contributed by atoms with Gasteiger partial charge in [0.15, 0.2) is 0 Å². The van der Waals surface area contributed by atoms with Gasteiger partial charge in [0.25, 0.3) is 0 Å². The fraction of sp³-hybridized carbons (Fsp3) is 0.455. The highest BCUT2D eigenvalue weighted by molar-refractivity contribution is 6.31. The second-order valence-corrected chi connectivity index (χ2v) is 4.35. The van der Waals surface area contributed by atoms with E-state index in [1.165, 1.54) is 18.2 Å². The first-order valence-corrected chi connectivity index (χ1v) is 5.28. The molecule has 0 heterocycles. The van der Waals surface area contributed by atoms with Crippen molar-refractivity contribution in [1.82, 2.24) is 0 Å². The smallest absolute Gasteiger partial charge is 0.123 e. The average molecular weight is 231 g/mol. The van der Waals surface area contributed by atoms with Gasteiger partial charge in [0, 0.05) is 10.6 Å². The minimum Gasteiger partial charge on any atom is -0.390 e. The summed E-state index contributed by atoms with van der Waals surface area (Å²) in [5.74, 6) is -0.337. The molecule has 2 unspecified atom stereocenters. The lowest BCUT2D eigenvalue weighted by molar-refractivity contribution is 0.00475. The van der Waals surface area contributed by atoms with Crippen molar-refractivity contribution < 1.29 is 14.6 Å². The highest BCUT2D eigenvalue weighted by Crippen LogP contribution is 2.39. The third kappa shape index (κ3) is 2.30. The van der Waals surface area contributed by atoms with Crippen LogP contribution in [0, 0.1) is 11.7 Å². The molecule has 1 aromatic carbocycles. The molecule has 1 fully saturated rings. The van der Waals surface area contributed by atoms with Crippen molar-refractivity contribution in [3.8, 4) is 0 Å². The summed E-state index contributed by atoms with van der Waals surface area (Å²) in [7, 11) is 0. The van der Waals surface area contributed by atoms with Gasteiger partial charge >= 0.3 is 0 Å². The number of halogens is 2. The average Bonchev–Trinajstić information content (AvgIpc) is 3.03. The largest absolute Gasteiger partial charge is 0.390 e. The van der Waals surface area contributed by atoms with Crippen LogP contribution in [-0.2, 0) is 0 Å². The standard InChI is InChI=1S/C11H12ClFO2/c12-9-4-3-7(13)5-8(9)11(15)10(14)6-1-2-6/h3-6,10-11,14-15H,1-2H2. The minimum atomic E-state index is -1.10. The summed E-state index contributed by atoms with van der Waals surface area (Å²) < 4.78 is 12.9. The molecule has 2 nitrogen and oxygen atoms in total. The molecule has 2 N–H and O–H groups in total. The first-order chi connectivity index (χ1) is 7.09. The summed E-state index contributed by atoms with van der Waals surface area (Å²) in [5, 5.41) is 19.8. The highest BCUT2D eigenvalue weighted by Gasteiger charge is 2.35. The Morgan fingerprint density at radius 2 is 2.00 bits per heavy atom. The summed E-state index contributed by atoms with van der Waals surface area (Å²) in [4.78, 5) is 0. The van der Waals surface area contributed by atoms with Crippen LogP contribution >= 0.6 is 11.6 Å². The Kier molecular flexibility index (Phi) is 2.96.